The number of carbonyl (C=O) groups is 1. The van der Waals surface area contributed by atoms with Crippen molar-refractivity contribution < 1.29 is 13.2 Å². The first-order chi connectivity index (χ1) is 13.7. The Kier molecular flexibility index (Phi) is 5.75. The molecule has 0 saturated carbocycles. The van der Waals surface area contributed by atoms with E-state index < -0.39 is 10.0 Å². The van der Waals surface area contributed by atoms with Crippen LogP contribution >= 0.6 is 0 Å². The molecule has 0 bridgehead atoms. The molecular formula is C23H24N2O3S. The van der Waals surface area contributed by atoms with Gasteiger partial charge in [0.1, 0.15) is 0 Å². The van der Waals surface area contributed by atoms with E-state index in [2.05, 4.69) is 5.32 Å². The monoisotopic (exact) mass is 408 g/mol. The molecule has 3 aromatic rings. The topological polar surface area (TPSA) is 66.5 Å². The van der Waals surface area contributed by atoms with Crippen LogP contribution in [-0.2, 0) is 10.0 Å². The van der Waals surface area contributed by atoms with Gasteiger partial charge in [-0.05, 0) is 62.2 Å². The number of para-hydroxylation sites is 1. The Morgan fingerprint density at radius 2 is 1.52 bits per heavy atom. The number of benzene rings is 3. The van der Waals surface area contributed by atoms with E-state index in [9.17, 15) is 13.2 Å². The van der Waals surface area contributed by atoms with Crippen molar-refractivity contribution in [3.63, 3.8) is 0 Å². The van der Waals surface area contributed by atoms with Crippen molar-refractivity contribution in [1.82, 2.24) is 0 Å². The number of hydrogen-bond acceptors (Lipinski definition) is 3. The normalized spacial score (nSPS) is 11.2. The zero-order valence-electron chi connectivity index (χ0n) is 16.9. The van der Waals surface area contributed by atoms with Crippen LogP contribution in [0.25, 0.3) is 0 Å². The smallest absolute Gasteiger partial charge is 0.264 e. The first-order valence-electron chi connectivity index (χ1n) is 9.23. The maximum absolute atomic E-state index is 13.0. The number of amides is 1. The first-order valence-corrected chi connectivity index (χ1v) is 10.7. The van der Waals surface area contributed by atoms with Crippen LogP contribution in [0.2, 0.25) is 0 Å². The standard InChI is InChI=1S/C23H24N2O3S/c1-16-9-13-20(14-10-16)29(27,28)25(4)22-15-19(12-11-18(22)3)23(26)24-21-8-6-5-7-17(21)2/h5-15H,1-4H3,(H,24,26). The van der Waals surface area contributed by atoms with E-state index in [-0.39, 0.29) is 10.8 Å². The van der Waals surface area contributed by atoms with Crippen molar-refractivity contribution in [3.05, 3.63) is 89.0 Å². The first kappa shape index (κ1) is 20.6. The highest BCUT2D eigenvalue weighted by Crippen LogP contribution is 2.27. The number of rotatable bonds is 5. The van der Waals surface area contributed by atoms with E-state index in [4.69, 9.17) is 0 Å². The molecule has 150 valence electrons. The summed E-state index contributed by atoms with van der Waals surface area (Å²) in [6, 6.07) is 19.3. The van der Waals surface area contributed by atoms with Gasteiger partial charge in [-0.25, -0.2) is 8.42 Å². The summed E-state index contributed by atoms with van der Waals surface area (Å²) in [6.07, 6.45) is 0. The van der Waals surface area contributed by atoms with Crippen molar-refractivity contribution in [2.24, 2.45) is 0 Å². The Balaban J connectivity index is 1.93. The van der Waals surface area contributed by atoms with E-state index in [0.29, 0.717) is 11.3 Å². The number of aryl methyl sites for hydroxylation is 3. The number of carbonyl (C=O) groups excluding carboxylic acids is 1. The van der Waals surface area contributed by atoms with E-state index in [1.165, 1.54) is 11.4 Å². The number of hydrogen-bond donors (Lipinski definition) is 1. The predicted molar refractivity (Wildman–Crippen MR) is 117 cm³/mol. The van der Waals surface area contributed by atoms with Crippen LogP contribution in [-0.4, -0.2) is 21.4 Å². The molecule has 3 aromatic carbocycles. The van der Waals surface area contributed by atoms with Crippen molar-refractivity contribution in [2.45, 2.75) is 25.7 Å². The van der Waals surface area contributed by atoms with Crippen LogP contribution in [0.15, 0.2) is 71.6 Å². The average Bonchev–Trinajstić information content (AvgIpc) is 2.70. The van der Waals surface area contributed by atoms with Gasteiger partial charge in [0.2, 0.25) is 0 Å². The van der Waals surface area contributed by atoms with Gasteiger partial charge in [-0.3, -0.25) is 9.10 Å². The third-order valence-corrected chi connectivity index (χ3v) is 6.67. The van der Waals surface area contributed by atoms with Crippen molar-refractivity contribution in [3.8, 4) is 0 Å². The lowest BCUT2D eigenvalue weighted by molar-refractivity contribution is 0.102. The van der Waals surface area contributed by atoms with Crippen molar-refractivity contribution in [1.29, 1.82) is 0 Å². The van der Waals surface area contributed by atoms with Crippen LogP contribution in [0.5, 0.6) is 0 Å². The van der Waals surface area contributed by atoms with Crippen LogP contribution in [0.3, 0.4) is 0 Å². The molecule has 5 nitrogen and oxygen atoms in total. The SMILES string of the molecule is Cc1ccc(S(=O)(=O)N(C)c2cc(C(=O)Nc3ccccc3C)ccc2C)cc1. The molecule has 0 saturated heterocycles. The Morgan fingerprint density at radius 3 is 2.17 bits per heavy atom. The molecular weight excluding hydrogens is 384 g/mol. The summed E-state index contributed by atoms with van der Waals surface area (Å²) in [7, 11) is -2.24. The van der Waals surface area contributed by atoms with E-state index >= 15 is 0 Å². The Morgan fingerprint density at radius 1 is 0.862 bits per heavy atom. The summed E-state index contributed by atoms with van der Waals surface area (Å²) in [4.78, 5) is 12.9. The van der Waals surface area contributed by atoms with Crippen molar-refractivity contribution >= 4 is 27.3 Å². The maximum atomic E-state index is 13.0. The molecule has 0 heterocycles. The second-order valence-electron chi connectivity index (χ2n) is 7.06. The largest absolute Gasteiger partial charge is 0.322 e. The van der Waals surface area contributed by atoms with Crippen LogP contribution < -0.4 is 9.62 Å². The van der Waals surface area contributed by atoms with Gasteiger partial charge in [0.25, 0.3) is 15.9 Å². The van der Waals surface area contributed by atoms with Gasteiger partial charge in [0.05, 0.1) is 10.6 Å². The van der Waals surface area contributed by atoms with Crippen LogP contribution in [0, 0.1) is 20.8 Å². The van der Waals surface area contributed by atoms with E-state index in [0.717, 1.165) is 22.4 Å². The lowest BCUT2D eigenvalue weighted by Gasteiger charge is -2.22. The average molecular weight is 409 g/mol. The molecule has 0 aromatic heterocycles. The summed E-state index contributed by atoms with van der Waals surface area (Å²) < 4.78 is 27.3. The summed E-state index contributed by atoms with van der Waals surface area (Å²) in [6.45, 7) is 5.64. The fourth-order valence-corrected chi connectivity index (χ4v) is 4.25. The van der Waals surface area contributed by atoms with Crippen molar-refractivity contribution in [2.75, 3.05) is 16.7 Å². The lowest BCUT2D eigenvalue weighted by Crippen LogP contribution is -2.27. The summed E-state index contributed by atoms with van der Waals surface area (Å²) in [5, 5.41) is 2.88. The van der Waals surface area contributed by atoms with Gasteiger partial charge in [-0.1, -0.05) is 42.0 Å². The third-order valence-electron chi connectivity index (χ3n) is 4.88. The molecule has 0 aliphatic rings. The summed E-state index contributed by atoms with van der Waals surface area (Å²) >= 11 is 0. The quantitative estimate of drug-likeness (QED) is 0.666. The molecule has 1 amide bonds. The Labute approximate surface area is 172 Å². The minimum atomic E-state index is -3.74. The fraction of sp³-hybridized carbons (Fsp3) is 0.174. The molecule has 6 heteroatoms. The lowest BCUT2D eigenvalue weighted by atomic mass is 10.1. The molecule has 0 aliphatic carbocycles. The highest BCUT2D eigenvalue weighted by Gasteiger charge is 2.23. The molecule has 29 heavy (non-hydrogen) atoms. The molecule has 1 N–H and O–H groups in total. The minimum Gasteiger partial charge on any atom is -0.322 e. The molecule has 0 radical (unpaired) electrons. The molecule has 0 aliphatic heterocycles. The van der Waals surface area contributed by atoms with E-state index in [1.54, 1.807) is 42.5 Å². The number of nitrogens with zero attached hydrogens (tertiary/aromatic N) is 1. The zero-order valence-corrected chi connectivity index (χ0v) is 17.7. The van der Waals surface area contributed by atoms with Gasteiger partial charge < -0.3 is 5.32 Å². The number of anilines is 2. The Hall–Kier alpha value is -3.12. The van der Waals surface area contributed by atoms with Gasteiger partial charge in [0, 0.05) is 18.3 Å². The Bertz CT molecular complexity index is 1150. The highest BCUT2D eigenvalue weighted by atomic mass is 32.2. The minimum absolute atomic E-state index is 0.208. The molecule has 0 spiro atoms. The van der Waals surface area contributed by atoms with Gasteiger partial charge in [0.15, 0.2) is 0 Å². The maximum Gasteiger partial charge on any atom is 0.264 e. The number of nitrogens with one attached hydrogen (secondary N) is 1. The summed E-state index contributed by atoms with van der Waals surface area (Å²) in [5.74, 6) is -0.290. The second kappa shape index (κ2) is 8.09. The summed E-state index contributed by atoms with van der Waals surface area (Å²) in [5.41, 5.74) is 4.27. The molecule has 3 rings (SSSR count). The molecule has 0 atom stereocenters. The van der Waals surface area contributed by atoms with Crippen LogP contribution in [0.4, 0.5) is 11.4 Å². The highest BCUT2D eigenvalue weighted by molar-refractivity contribution is 7.92. The second-order valence-corrected chi connectivity index (χ2v) is 9.03. The number of sulfonamides is 1. The molecule has 0 fully saturated rings. The van der Waals surface area contributed by atoms with Gasteiger partial charge >= 0.3 is 0 Å². The molecule has 0 unspecified atom stereocenters. The van der Waals surface area contributed by atoms with Gasteiger partial charge in [-0.15, -0.1) is 0 Å². The fourth-order valence-electron chi connectivity index (χ4n) is 3.00. The van der Waals surface area contributed by atoms with E-state index in [1.807, 2.05) is 45.0 Å². The predicted octanol–water partition coefficient (Wildman–Crippen LogP) is 4.69. The van der Waals surface area contributed by atoms with Crippen LogP contribution in [0.1, 0.15) is 27.0 Å². The third kappa shape index (κ3) is 4.32. The zero-order chi connectivity index (χ0) is 21.2. The van der Waals surface area contributed by atoms with Gasteiger partial charge in [-0.2, -0.15) is 0 Å².